The van der Waals surface area contributed by atoms with Crippen molar-refractivity contribution in [1.82, 2.24) is 4.90 Å². The van der Waals surface area contributed by atoms with Crippen LogP contribution in [0.1, 0.15) is 73.3 Å². The molecule has 2 amide bonds. The Morgan fingerprint density at radius 3 is 2.17 bits per heavy atom. The molecule has 0 spiro atoms. The molecular formula is C35H48N2O7SSi. The molecule has 3 aliphatic rings. The first-order valence-corrected chi connectivity index (χ1v) is 20.1. The third kappa shape index (κ3) is 5.53. The van der Waals surface area contributed by atoms with Gasteiger partial charge in [-0.15, -0.1) is 0 Å². The molecule has 9 nitrogen and oxygen atoms in total. The van der Waals surface area contributed by atoms with Crippen molar-refractivity contribution in [1.29, 1.82) is 0 Å². The van der Waals surface area contributed by atoms with Crippen LogP contribution >= 0.6 is 0 Å². The summed E-state index contributed by atoms with van der Waals surface area (Å²) in [5.41, 5.74) is 2.86. The molecule has 0 aromatic heterocycles. The zero-order valence-corrected chi connectivity index (χ0v) is 30.1. The fourth-order valence-electron chi connectivity index (χ4n) is 8.26. The van der Waals surface area contributed by atoms with Gasteiger partial charge in [0.15, 0.2) is 0 Å². The predicted molar refractivity (Wildman–Crippen MR) is 182 cm³/mol. The number of methoxy groups -OCH3 is 1. The van der Waals surface area contributed by atoms with Gasteiger partial charge in [-0.3, -0.25) is 9.10 Å². The Morgan fingerprint density at radius 1 is 1.00 bits per heavy atom. The standard InChI is InChI=1S/C35H48N2O7SSi/c1-9-12-25-21-30(44-46(22(2)3,23(4)5)24(6)7)32-28-13-10-11-14-29(28)37(45(40,41)27-17-15-26(42-8)16-18-27)33(32)31(25)34(38)36-19-20-43-35(36)39/h10-11,13-18,22-25,31,33H,9,12,19-21H2,1-8H3/t25-,31+,33-/m0/s1. The molecule has 0 N–H and O–H groups in total. The smallest absolute Gasteiger partial charge is 0.416 e. The summed E-state index contributed by atoms with van der Waals surface area (Å²) in [4.78, 5) is 28.6. The van der Waals surface area contributed by atoms with E-state index in [0.29, 0.717) is 24.3 Å². The van der Waals surface area contributed by atoms with E-state index in [1.165, 1.54) is 23.5 Å². The lowest BCUT2D eigenvalue weighted by Crippen LogP contribution is -2.54. The lowest BCUT2D eigenvalue weighted by atomic mass is 9.72. The minimum atomic E-state index is -4.19. The number of amides is 2. The largest absolute Gasteiger partial charge is 0.545 e. The number of hydrogen-bond donors (Lipinski definition) is 0. The Kier molecular flexibility index (Phi) is 9.66. The van der Waals surface area contributed by atoms with Crippen LogP contribution in [-0.2, 0) is 24.0 Å². The van der Waals surface area contributed by atoms with E-state index in [1.807, 2.05) is 18.2 Å². The fraction of sp³-hybridized carbons (Fsp3) is 0.543. The topological polar surface area (TPSA) is 102 Å². The number of para-hydroxylation sites is 1. The Balaban J connectivity index is 1.80. The van der Waals surface area contributed by atoms with Crippen molar-refractivity contribution in [3.05, 3.63) is 59.9 Å². The number of fused-ring (bicyclic) bond motifs is 3. The number of sulfonamides is 1. The number of cyclic esters (lactones) is 1. The quantitative estimate of drug-likeness (QED) is 0.227. The van der Waals surface area contributed by atoms with Gasteiger partial charge in [-0.2, -0.15) is 0 Å². The first kappa shape index (κ1) is 34.0. The van der Waals surface area contributed by atoms with Gasteiger partial charge in [0.2, 0.25) is 5.91 Å². The van der Waals surface area contributed by atoms with E-state index in [4.69, 9.17) is 13.9 Å². The second-order valence-corrected chi connectivity index (χ2v) is 20.8. The molecule has 5 rings (SSSR count). The summed E-state index contributed by atoms with van der Waals surface area (Å²) < 4.78 is 49.0. The van der Waals surface area contributed by atoms with Gasteiger partial charge in [0.05, 0.1) is 42.0 Å². The highest BCUT2D eigenvalue weighted by Crippen LogP contribution is 2.56. The van der Waals surface area contributed by atoms with Gasteiger partial charge in [0.1, 0.15) is 12.4 Å². The van der Waals surface area contributed by atoms with Crippen molar-refractivity contribution >= 4 is 41.6 Å². The molecule has 0 radical (unpaired) electrons. The molecule has 250 valence electrons. The number of nitrogens with zero attached hydrogens (tertiary/aromatic N) is 2. The lowest BCUT2D eigenvalue weighted by Gasteiger charge is -2.47. The number of benzene rings is 2. The first-order chi connectivity index (χ1) is 21.8. The van der Waals surface area contributed by atoms with Gasteiger partial charge in [-0.25, -0.2) is 18.1 Å². The third-order valence-electron chi connectivity index (χ3n) is 10.2. The summed E-state index contributed by atoms with van der Waals surface area (Å²) in [6.07, 6.45) is 1.26. The molecule has 2 aromatic carbocycles. The highest BCUT2D eigenvalue weighted by Gasteiger charge is 2.57. The van der Waals surface area contributed by atoms with E-state index in [2.05, 4.69) is 48.5 Å². The van der Waals surface area contributed by atoms with Gasteiger partial charge in [0.25, 0.3) is 18.3 Å². The minimum absolute atomic E-state index is 0.0893. The van der Waals surface area contributed by atoms with Crippen molar-refractivity contribution in [3.8, 4) is 5.75 Å². The summed E-state index contributed by atoms with van der Waals surface area (Å²) in [5.74, 6) is -0.141. The van der Waals surface area contributed by atoms with Gasteiger partial charge >= 0.3 is 6.09 Å². The number of carbonyl (C=O) groups is 2. The van der Waals surface area contributed by atoms with Crippen LogP contribution in [0.3, 0.4) is 0 Å². The number of carbonyl (C=O) groups excluding carboxylic acids is 2. The normalized spacial score (nSPS) is 21.6. The lowest BCUT2D eigenvalue weighted by molar-refractivity contribution is -0.134. The molecule has 1 saturated heterocycles. The Hall–Kier alpha value is -3.31. The van der Waals surface area contributed by atoms with E-state index in [1.54, 1.807) is 18.2 Å². The minimum Gasteiger partial charge on any atom is -0.545 e. The molecule has 2 aliphatic heterocycles. The molecule has 0 bridgehead atoms. The van der Waals surface area contributed by atoms with Crippen LogP contribution in [0.25, 0.3) is 5.57 Å². The summed E-state index contributed by atoms with van der Waals surface area (Å²) in [5, 5.41) is 0. The zero-order chi connectivity index (χ0) is 33.6. The highest BCUT2D eigenvalue weighted by atomic mass is 32.2. The van der Waals surface area contributed by atoms with E-state index < -0.39 is 42.3 Å². The zero-order valence-electron chi connectivity index (χ0n) is 28.3. The van der Waals surface area contributed by atoms with Crippen LogP contribution in [-0.4, -0.2) is 59.9 Å². The summed E-state index contributed by atoms with van der Waals surface area (Å²) in [6.45, 7) is 15.7. The maximum absolute atomic E-state index is 14.8. The van der Waals surface area contributed by atoms with Crippen molar-refractivity contribution in [2.45, 2.75) is 95.3 Å². The molecule has 11 heteroatoms. The number of imide groups is 1. The molecule has 0 unspecified atom stereocenters. The fourth-order valence-corrected chi connectivity index (χ4v) is 15.2. The molecule has 2 aromatic rings. The molecule has 3 atom stereocenters. The van der Waals surface area contributed by atoms with Crippen LogP contribution in [0.4, 0.5) is 10.5 Å². The number of anilines is 1. The summed E-state index contributed by atoms with van der Waals surface area (Å²) >= 11 is 0. The van der Waals surface area contributed by atoms with Crippen molar-refractivity contribution in [2.24, 2.45) is 11.8 Å². The van der Waals surface area contributed by atoms with Gasteiger partial charge in [-0.1, -0.05) is 73.1 Å². The molecule has 46 heavy (non-hydrogen) atoms. The monoisotopic (exact) mass is 668 g/mol. The SMILES string of the molecule is CCC[C@H]1CC(O[Si](C(C)C)(C(C)C)C(C)C)=C2c3ccccc3N(S(=O)(=O)c3ccc(OC)cc3)[C@H]2[C@@H]1C(=O)N1CCOC1=O. The number of rotatable bonds is 11. The van der Waals surface area contributed by atoms with E-state index >= 15 is 0 Å². The van der Waals surface area contributed by atoms with Gasteiger partial charge in [0, 0.05) is 17.6 Å². The Labute approximate surface area is 275 Å². The Bertz CT molecular complexity index is 1580. The average molecular weight is 669 g/mol. The molecule has 0 saturated carbocycles. The number of allylic oxidation sites excluding steroid dienone is 1. The van der Waals surface area contributed by atoms with Crippen LogP contribution in [0, 0.1) is 11.8 Å². The average Bonchev–Trinajstić information content (AvgIpc) is 3.60. The second-order valence-electron chi connectivity index (χ2n) is 13.6. The van der Waals surface area contributed by atoms with Crippen LogP contribution in [0.5, 0.6) is 5.75 Å². The molecule has 1 fully saturated rings. The summed E-state index contributed by atoms with van der Waals surface area (Å²) in [7, 11) is -5.15. The number of ether oxygens (including phenoxy) is 2. The Morgan fingerprint density at radius 2 is 1.63 bits per heavy atom. The predicted octanol–water partition coefficient (Wildman–Crippen LogP) is 7.59. The third-order valence-corrected chi connectivity index (χ3v) is 18.0. The van der Waals surface area contributed by atoms with E-state index in [0.717, 1.165) is 28.2 Å². The molecule has 2 heterocycles. The highest BCUT2D eigenvalue weighted by molar-refractivity contribution is 7.93. The van der Waals surface area contributed by atoms with Crippen molar-refractivity contribution in [3.63, 3.8) is 0 Å². The maximum atomic E-state index is 14.8. The van der Waals surface area contributed by atoms with Gasteiger partial charge < -0.3 is 13.9 Å². The van der Waals surface area contributed by atoms with Crippen LogP contribution in [0.2, 0.25) is 16.6 Å². The van der Waals surface area contributed by atoms with Crippen molar-refractivity contribution in [2.75, 3.05) is 24.6 Å². The van der Waals surface area contributed by atoms with Gasteiger partial charge in [-0.05, 0) is 59.3 Å². The van der Waals surface area contributed by atoms with Crippen LogP contribution in [0.15, 0.2) is 59.2 Å². The first-order valence-electron chi connectivity index (χ1n) is 16.5. The second kappa shape index (κ2) is 13.1. The van der Waals surface area contributed by atoms with Crippen molar-refractivity contribution < 1.29 is 31.9 Å². The maximum Gasteiger partial charge on any atom is 0.416 e. The molecule has 1 aliphatic carbocycles. The van der Waals surface area contributed by atoms with E-state index in [9.17, 15) is 18.0 Å². The van der Waals surface area contributed by atoms with E-state index in [-0.39, 0.29) is 40.6 Å². The molecular weight excluding hydrogens is 621 g/mol. The van der Waals surface area contributed by atoms with Crippen LogP contribution < -0.4 is 9.04 Å². The number of hydrogen-bond acceptors (Lipinski definition) is 7. The summed E-state index contributed by atoms with van der Waals surface area (Å²) in [6, 6.07) is 12.9.